The van der Waals surface area contributed by atoms with E-state index in [0.717, 1.165) is 4.57 Å². The van der Waals surface area contributed by atoms with Crippen molar-refractivity contribution >= 4 is 39.1 Å². The Morgan fingerprint density at radius 2 is 2.00 bits per heavy atom. The van der Waals surface area contributed by atoms with Crippen LogP contribution >= 0.6 is 39.1 Å². The van der Waals surface area contributed by atoms with Crippen molar-refractivity contribution < 1.29 is 17.9 Å². The van der Waals surface area contributed by atoms with E-state index in [-0.39, 0.29) is 44.7 Å². The van der Waals surface area contributed by atoms with E-state index in [0.29, 0.717) is 0 Å². The lowest BCUT2D eigenvalue weighted by atomic mass is 10.1. The van der Waals surface area contributed by atoms with E-state index < -0.39 is 11.9 Å². The van der Waals surface area contributed by atoms with Gasteiger partial charge in [0.1, 0.15) is 18.5 Å². The monoisotopic (exact) mass is 440 g/mol. The molecule has 0 saturated heterocycles. The van der Waals surface area contributed by atoms with Gasteiger partial charge in [0.25, 0.3) is 0 Å². The minimum Gasteiger partial charge on any atom is -0.361 e. The third kappa shape index (κ3) is 3.57. The molecule has 24 heavy (non-hydrogen) atoms. The summed E-state index contributed by atoms with van der Waals surface area (Å²) in [6.07, 6.45) is -4.69. The number of benzene rings is 1. The van der Waals surface area contributed by atoms with Gasteiger partial charge in [0.05, 0.1) is 20.8 Å². The number of halogens is 6. The second-order valence-corrected chi connectivity index (χ2v) is 6.31. The molecule has 128 valence electrons. The molecule has 9 heteroatoms. The number of aromatic nitrogens is 1. The SMILES string of the molecule is CCOCn1c(-c2cc(Cl)ccc2Cl)c(C#N)c(Br)c1C(F)(F)F. The fourth-order valence-electron chi connectivity index (χ4n) is 2.24. The van der Waals surface area contributed by atoms with E-state index in [4.69, 9.17) is 27.9 Å². The summed E-state index contributed by atoms with van der Waals surface area (Å²) < 4.78 is 46.1. The predicted octanol–water partition coefficient (Wildman–Crippen LogP) is 6.11. The van der Waals surface area contributed by atoms with Crippen LogP contribution in [0.5, 0.6) is 0 Å². The first-order chi connectivity index (χ1) is 11.2. The average Bonchev–Trinajstić information content (AvgIpc) is 2.79. The van der Waals surface area contributed by atoms with Crippen LogP contribution in [-0.4, -0.2) is 11.2 Å². The zero-order valence-electron chi connectivity index (χ0n) is 12.2. The van der Waals surface area contributed by atoms with Crippen LogP contribution in [0, 0.1) is 11.3 Å². The first-order valence-electron chi connectivity index (χ1n) is 6.64. The summed E-state index contributed by atoms with van der Waals surface area (Å²) in [6.45, 7) is 1.48. The van der Waals surface area contributed by atoms with Gasteiger partial charge < -0.3 is 9.30 Å². The van der Waals surface area contributed by atoms with E-state index in [9.17, 15) is 18.4 Å². The molecule has 0 radical (unpaired) electrons. The van der Waals surface area contributed by atoms with Crippen LogP contribution in [0.2, 0.25) is 10.0 Å². The predicted molar refractivity (Wildman–Crippen MR) is 88.9 cm³/mol. The van der Waals surface area contributed by atoms with Gasteiger partial charge in [0.15, 0.2) is 0 Å². The molecule has 0 unspecified atom stereocenters. The molecule has 0 aliphatic rings. The highest BCUT2D eigenvalue weighted by Crippen LogP contribution is 2.44. The Kier molecular flexibility index (Phi) is 5.87. The first-order valence-corrected chi connectivity index (χ1v) is 8.19. The molecule has 0 amide bonds. The Morgan fingerprint density at radius 3 is 2.54 bits per heavy atom. The van der Waals surface area contributed by atoms with E-state index in [1.165, 1.54) is 18.2 Å². The molecule has 1 heterocycles. The third-order valence-corrected chi connectivity index (χ3v) is 4.53. The summed E-state index contributed by atoms with van der Waals surface area (Å²) >= 11 is 14.9. The number of nitriles is 1. The minimum absolute atomic E-state index is 0.00218. The van der Waals surface area contributed by atoms with E-state index in [2.05, 4.69) is 15.9 Å². The highest BCUT2D eigenvalue weighted by molar-refractivity contribution is 9.10. The molecule has 2 rings (SSSR count). The maximum absolute atomic E-state index is 13.5. The Bertz CT molecular complexity index is 813. The fourth-order valence-corrected chi connectivity index (χ4v) is 3.33. The van der Waals surface area contributed by atoms with Crippen molar-refractivity contribution in [2.45, 2.75) is 19.8 Å². The van der Waals surface area contributed by atoms with Crippen molar-refractivity contribution in [2.24, 2.45) is 0 Å². The number of alkyl halides is 3. The lowest BCUT2D eigenvalue weighted by Gasteiger charge is -2.16. The maximum Gasteiger partial charge on any atom is 0.432 e. The van der Waals surface area contributed by atoms with E-state index in [1.807, 2.05) is 0 Å². The quantitative estimate of drug-likeness (QED) is 0.574. The third-order valence-electron chi connectivity index (χ3n) is 3.19. The smallest absolute Gasteiger partial charge is 0.361 e. The van der Waals surface area contributed by atoms with Crippen LogP contribution in [0.3, 0.4) is 0 Å². The van der Waals surface area contributed by atoms with Crippen LogP contribution in [0.15, 0.2) is 22.7 Å². The summed E-state index contributed by atoms with van der Waals surface area (Å²) in [4.78, 5) is 0. The van der Waals surface area contributed by atoms with Crippen molar-refractivity contribution in [3.8, 4) is 17.3 Å². The molecule has 1 aromatic carbocycles. The Balaban J connectivity index is 2.88. The van der Waals surface area contributed by atoms with Gasteiger partial charge in [-0.05, 0) is 41.1 Å². The molecule has 0 saturated carbocycles. The molecule has 0 bridgehead atoms. The van der Waals surface area contributed by atoms with Gasteiger partial charge in [-0.3, -0.25) is 0 Å². The fraction of sp³-hybridized carbons (Fsp3) is 0.267. The minimum atomic E-state index is -4.69. The number of ether oxygens (including phenoxy) is 1. The molecule has 2 aromatic rings. The second kappa shape index (κ2) is 7.36. The number of nitrogens with zero attached hydrogens (tertiary/aromatic N) is 2. The van der Waals surface area contributed by atoms with Crippen molar-refractivity contribution in [1.29, 1.82) is 5.26 Å². The maximum atomic E-state index is 13.5. The molecule has 0 aliphatic carbocycles. The first kappa shape index (κ1) is 19.1. The molecular formula is C15H10BrCl2F3N2O. The van der Waals surface area contributed by atoms with Crippen molar-refractivity contribution in [3.05, 3.63) is 44.0 Å². The van der Waals surface area contributed by atoms with Crippen LogP contribution in [0.25, 0.3) is 11.3 Å². The van der Waals surface area contributed by atoms with Crippen LogP contribution in [0.4, 0.5) is 13.2 Å². The van der Waals surface area contributed by atoms with E-state index >= 15 is 0 Å². The lowest BCUT2D eigenvalue weighted by molar-refractivity contribution is -0.146. The van der Waals surface area contributed by atoms with Gasteiger partial charge in [0.2, 0.25) is 0 Å². The topological polar surface area (TPSA) is 38.0 Å². The molecule has 1 aromatic heterocycles. The lowest BCUT2D eigenvalue weighted by Crippen LogP contribution is -2.16. The molecular weight excluding hydrogens is 432 g/mol. The van der Waals surface area contributed by atoms with Gasteiger partial charge >= 0.3 is 6.18 Å². The van der Waals surface area contributed by atoms with Crippen LogP contribution in [0.1, 0.15) is 18.2 Å². The normalized spacial score (nSPS) is 11.6. The van der Waals surface area contributed by atoms with Gasteiger partial charge in [0, 0.05) is 17.2 Å². The zero-order valence-corrected chi connectivity index (χ0v) is 15.3. The zero-order chi connectivity index (χ0) is 18.1. The summed E-state index contributed by atoms with van der Waals surface area (Å²) in [6, 6.07) is 6.17. The van der Waals surface area contributed by atoms with Crippen LogP contribution in [-0.2, 0) is 17.6 Å². The number of rotatable bonds is 4. The van der Waals surface area contributed by atoms with Crippen molar-refractivity contribution in [1.82, 2.24) is 4.57 Å². The van der Waals surface area contributed by atoms with Crippen molar-refractivity contribution in [2.75, 3.05) is 6.61 Å². The van der Waals surface area contributed by atoms with E-state index in [1.54, 1.807) is 13.0 Å². The van der Waals surface area contributed by atoms with Crippen LogP contribution < -0.4 is 0 Å². The summed E-state index contributed by atoms with van der Waals surface area (Å²) in [5, 5.41) is 9.83. The summed E-state index contributed by atoms with van der Waals surface area (Å²) in [7, 11) is 0. The average molecular weight is 442 g/mol. The second-order valence-electron chi connectivity index (χ2n) is 4.67. The molecule has 0 atom stereocenters. The van der Waals surface area contributed by atoms with Gasteiger partial charge in [-0.15, -0.1) is 0 Å². The van der Waals surface area contributed by atoms with Gasteiger partial charge in [-0.2, -0.15) is 18.4 Å². The number of hydrogen-bond acceptors (Lipinski definition) is 2. The summed E-state index contributed by atoms with van der Waals surface area (Å²) in [5.74, 6) is 0. The van der Waals surface area contributed by atoms with Gasteiger partial charge in [-0.25, -0.2) is 0 Å². The highest BCUT2D eigenvalue weighted by Gasteiger charge is 2.41. The van der Waals surface area contributed by atoms with Gasteiger partial charge in [-0.1, -0.05) is 23.2 Å². The molecule has 3 nitrogen and oxygen atoms in total. The highest BCUT2D eigenvalue weighted by atomic mass is 79.9. The van der Waals surface area contributed by atoms with Crippen molar-refractivity contribution in [3.63, 3.8) is 0 Å². The largest absolute Gasteiger partial charge is 0.432 e. The Hall–Kier alpha value is -1.20. The Labute approximate surface area is 154 Å². The summed E-state index contributed by atoms with van der Waals surface area (Å²) in [5.41, 5.74) is -0.987. The number of hydrogen-bond donors (Lipinski definition) is 0. The standard InChI is InChI=1S/C15H10BrCl2F3N2O/c1-2-24-7-23-13(9-5-8(17)3-4-11(9)18)10(6-22)12(16)14(23)15(19,20)21/h3-5H,2,7H2,1H3. The molecule has 0 fully saturated rings. The molecule has 0 N–H and O–H groups in total. The Morgan fingerprint density at radius 1 is 1.33 bits per heavy atom. The molecule has 0 aliphatic heterocycles. The molecule has 0 spiro atoms.